The van der Waals surface area contributed by atoms with Crippen LogP contribution in [0.4, 0.5) is 0 Å². The molecule has 6 heteroatoms. The molecule has 0 fully saturated rings. The van der Waals surface area contributed by atoms with Crippen molar-refractivity contribution in [2.75, 3.05) is 0 Å². The van der Waals surface area contributed by atoms with Gasteiger partial charge in [0.15, 0.2) is 5.76 Å². The zero-order chi connectivity index (χ0) is 14.7. The molecule has 20 heavy (non-hydrogen) atoms. The summed E-state index contributed by atoms with van der Waals surface area (Å²) >= 11 is 1.57. The third-order valence-corrected chi connectivity index (χ3v) is 3.83. The van der Waals surface area contributed by atoms with E-state index in [1.165, 1.54) is 6.07 Å². The number of furan rings is 1. The number of aromatic carboxylic acids is 1. The van der Waals surface area contributed by atoms with Gasteiger partial charge in [-0.25, -0.2) is 4.79 Å². The summed E-state index contributed by atoms with van der Waals surface area (Å²) in [6.07, 6.45) is 1.06. The van der Waals surface area contributed by atoms with E-state index in [2.05, 4.69) is 5.32 Å². The topological polar surface area (TPSA) is 79.5 Å². The van der Waals surface area contributed by atoms with Crippen molar-refractivity contribution in [3.63, 3.8) is 0 Å². The van der Waals surface area contributed by atoms with E-state index >= 15 is 0 Å². The fraction of sp³-hybridized carbons (Fsp3) is 0.286. The number of nitrogens with one attached hydrogen (secondary N) is 1. The number of rotatable bonds is 5. The molecule has 1 amide bonds. The van der Waals surface area contributed by atoms with Crippen molar-refractivity contribution in [3.05, 3.63) is 46.0 Å². The summed E-state index contributed by atoms with van der Waals surface area (Å²) in [6.45, 7) is 4.02. The number of hydrogen-bond acceptors (Lipinski definition) is 4. The Balaban J connectivity index is 2.14. The Bertz CT molecular complexity index is 600. The van der Waals surface area contributed by atoms with Crippen LogP contribution < -0.4 is 5.32 Å². The number of thiophene rings is 1. The molecule has 2 rings (SSSR count). The summed E-state index contributed by atoms with van der Waals surface area (Å²) in [5.41, 5.74) is -0.0348. The van der Waals surface area contributed by atoms with E-state index in [0.717, 1.165) is 11.1 Å². The Kier molecular flexibility index (Phi) is 4.24. The average Bonchev–Trinajstić information content (AvgIpc) is 3.05. The Morgan fingerprint density at radius 3 is 2.65 bits per heavy atom. The lowest BCUT2D eigenvalue weighted by Crippen LogP contribution is -2.30. The molecule has 0 radical (unpaired) electrons. The Morgan fingerprint density at radius 2 is 2.15 bits per heavy atom. The van der Waals surface area contributed by atoms with Gasteiger partial charge in [-0.3, -0.25) is 4.79 Å². The van der Waals surface area contributed by atoms with Gasteiger partial charge in [0.1, 0.15) is 6.26 Å². The van der Waals surface area contributed by atoms with Crippen molar-refractivity contribution in [2.24, 2.45) is 5.92 Å². The van der Waals surface area contributed by atoms with Gasteiger partial charge in [0.2, 0.25) is 0 Å². The SMILES string of the molecule is CC(C)C(NC(=O)c1cc(C(=O)O)co1)c1cccs1. The molecular weight excluding hydrogens is 278 g/mol. The number of hydrogen-bond donors (Lipinski definition) is 2. The zero-order valence-electron chi connectivity index (χ0n) is 11.1. The molecule has 1 unspecified atom stereocenters. The van der Waals surface area contributed by atoms with Crippen LogP contribution in [0.2, 0.25) is 0 Å². The summed E-state index contributed by atoms with van der Waals surface area (Å²) in [5.74, 6) is -1.31. The van der Waals surface area contributed by atoms with Gasteiger partial charge < -0.3 is 14.8 Å². The van der Waals surface area contributed by atoms with Crippen LogP contribution in [-0.2, 0) is 0 Å². The molecule has 0 aliphatic carbocycles. The Hall–Kier alpha value is -2.08. The molecule has 1 atom stereocenters. The summed E-state index contributed by atoms with van der Waals surface area (Å²) < 4.78 is 5.00. The highest BCUT2D eigenvalue weighted by atomic mass is 32.1. The standard InChI is InChI=1S/C14H15NO4S/c1-8(2)12(11-4-3-5-20-11)15-13(16)10-6-9(7-19-10)14(17)18/h3-8,12H,1-2H3,(H,15,16)(H,17,18). The minimum absolute atomic E-state index is 0.00426. The molecule has 5 nitrogen and oxygen atoms in total. The predicted molar refractivity (Wildman–Crippen MR) is 75.0 cm³/mol. The fourth-order valence-corrected chi connectivity index (χ4v) is 2.76. The molecule has 2 aromatic rings. The second-order valence-corrected chi connectivity index (χ2v) is 5.69. The number of carbonyl (C=O) groups is 2. The summed E-state index contributed by atoms with van der Waals surface area (Å²) in [5, 5.41) is 13.6. The van der Waals surface area contributed by atoms with Gasteiger partial charge in [-0.2, -0.15) is 0 Å². The Morgan fingerprint density at radius 1 is 1.40 bits per heavy atom. The van der Waals surface area contributed by atoms with E-state index in [-0.39, 0.29) is 23.3 Å². The molecule has 0 spiro atoms. The molecule has 106 valence electrons. The zero-order valence-corrected chi connectivity index (χ0v) is 11.9. The van der Waals surface area contributed by atoms with E-state index in [9.17, 15) is 9.59 Å². The van der Waals surface area contributed by atoms with Crippen molar-refractivity contribution in [1.29, 1.82) is 0 Å². The molecule has 0 saturated heterocycles. The first kappa shape index (κ1) is 14.3. The maximum Gasteiger partial charge on any atom is 0.338 e. The van der Waals surface area contributed by atoms with Crippen LogP contribution in [0, 0.1) is 5.92 Å². The van der Waals surface area contributed by atoms with E-state index in [1.54, 1.807) is 11.3 Å². The van der Waals surface area contributed by atoms with E-state index in [4.69, 9.17) is 9.52 Å². The summed E-state index contributed by atoms with van der Waals surface area (Å²) in [6, 6.07) is 4.99. The molecule has 2 aromatic heterocycles. The minimum atomic E-state index is -1.12. The van der Waals surface area contributed by atoms with Crippen LogP contribution in [0.1, 0.15) is 45.7 Å². The molecule has 0 saturated carbocycles. The number of carboxylic acid groups (broad SMARTS) is 1. The lowest BCUT2D eigenvalue weighted by atomic mass is 10.0. The molecule has 2 N–H and O–H groups in total. The molecule has 2 heterocycles. The van der Waals surface area contributed by atoms with Gasteiger partial charge in [0, 0.05) is 10.9 Å². The first-order valence-electron chi connectivity index (χ1n) is 6.15. The second kappa shape index (κ2) is 5.92. The van der Waals surface area contributed by atoms with Gasteiger partial charge in [-0.05, 0) is 17.4 Å². The first-order valence-corrected chi connectivity index (χ1v) is 7.03. The summed E-state index contributed by atoms with van der Waals surface area (Å²) in [4.78, 5) is 23.9. The van der Waals surface area contributed by atoms with Crippen LogP contribution >= 0.6 is 11.3 Å². The van der Waals surface area contributed by atoms with E-state index in [0.29, 0.717) is 0 Å². The van der Waals surface area contributed by atoms with Gasteiger partial charge >= 0.3 is 5.97 Å². The summed E-state index contributed by atoms with van der Waals surface area (Å²) in [7, 11) is 0. The predicted octanol–water partition coefficient (Wildman–Crippen LogP) is 3.17. The average molecular weight is 293 g/mol. The van der Waals surface area contributed by atoms with Crippen molar-refractivity contribution >= 4 is 23.2 Å². The third-order valence-electron chi connectivity index (χ3n) is 2.87. The number of amides is 1. The smallest absolute Gasteiger partial charge is 0.338 e. The van der Waals surface area contributed by atoms with Crippen LogP contribution in [0.25, 0.3) is 0 Å². The molecule has 0 aromatic carbocycles. The molecule has 0 bridgehead atoms. The van der Waals surface area contributed by atoms with Crippen LogP contribution in [0.3, 0.4) is 0 Å². The van der Waals surface area contributed by atoms with Gasteiger partial charge in [0.25, 0.3) is 5.91 Å². The second-order valence-electron chi connectivity index (χ2n) is 4.72. The quantitative estimate of drug-likeness (QED) is 0.887. The van der Waals surface area contributed by atoms with E-state index in [1.807, 2.05) is 31.4 Å². The molecule has 0 aliphatic rings. The van der Waals surface area contributed by atoms with Crippen LogP contribution in [0.5, 0.6) is 0 Å². The lowest BCUT2D eigenvalue weighted by Gasteiger charge is -2.20. The maximum atomic E-state index is 12.1. The third kappa shape index (κ3) is 3.08. The minimum Gasteiger partial charge on any atom is -0.478 e. The Labute approximate surface area is 120 Å². The normalized spacial score (nSPS) is 12.3. The van der Waals surface area contributed by atoms with Crippen LogP contribution in [-0.4, -0.2) is 17.0 Å². The monoisotopic (exact) mass is 293 g/mol. The largest absolute Gasteiger partial charge is 0.478 e. The molecule has 0 aliphatic heterocycles. The van der Waals surface area contributed by atoms with Crippen molar-refractivity contribution in [2.45, 2.75) is 19.9 Å². The maximum absolute atomic E-state index is 12.1. The fourth-order valence-electron chi connectivity index (χ4n) is 1.81. The van der Waals surface area contributed by atoms with Gasteiger partial charge in [0.05, 0.1) is 11.6 Å². The van der Waals surface area contributed by atoms with E-state index < -0.39 is 11.9 Å². The molecular formula is C14H15NO4S. The lowest BCUT2D eigenvalue weighted by molar-refractivity contribution is 0.0695. The van der Waals surface area contributed by atoms with Crippen molar-refractivity contribution in [1.82, 2.24) is 5.32 Å². The highest BCUT2D eigenvalue weighted by molar-refractivity contribution is 7.10. The number of carboxylic acids is 1. The van der Waals surface area contributed by atoms with Gasteiger partial charge in [-0.1, -0.05) is 19.9 Å². The number of carbonyl (C=O) groups excluding carboxylic acids is 1. The highest BCUT2D eigenvalue weighted by Crippen LogP contribution is 2.26. The highest BCUT2D eigenvalue weighted by Gasteiger charge is 2.22. The van der Waals surface area contributed by atoms with Crippen LogP contribution in [0.15, 0.2) is 34.3 Å². The van der Waals surface area contributed by atoms with Crippen molar-refractivity contribution in [3.8, 4) is 0 Å². The van der Waals surface area contributed by atoms with Gasteiger partial charge in [-0.15, -0.1) is 11.3 Å². The van der Waals surface area contributed by atoms with Crippen molar-refractivity contribution < 1.29 is 19.1 Å². The first-order chi connectivity index (χ1) is 9.49.